The van der Waals surface area contributed by atoms with Gasteiger partial charge in [-0.1, -0.05) is 19.9 Å². The third kappa shape index (κ3) is 2.55. The Bertz CT molecular complexity index is 347. The summed E-state index contributed by atoms with van der Waals surface area (Å²) in [6.07, 6.45) is 0. The molecular weight excluding hydrogens is 181 g/mol. The van der Waals surface area contributed by atoms with Crippen LogP contribution in [0.4, 0.5) is 10.1 Å². The van der Waals surface area contributed by atoms with E-state index in [1.165, 1.54) is 13.0 Å². The Morgan fingerprint density at radius 1 is 1.43 bits per heavy atom. The molecule has 0 unspecified atom stereocenters. The molecule has 1 rings (SSSR count). The molecular formula is C11H14FNO. The minimum Gasteiger partial charge on any atom is -0.326 e. The minimum atomic E-state index is -0.272. The van der Waals surface area contributed by atoms with Crippen molar-refractivity contribution in [2.45, 2.75) is 26.7 Å². The molecule has 1 aromatic rings. The summed E-state index contributed by atoms with van der Waals surface area (Å²) in [4.78, 5) is 10.7. The number of hydrogen-bond donors (Lipinski definition) is 1. The fraction of sp³-hybridized carbons (Fsp3) is 0.364. The largest absolute Gasteiger partial charge is 0.326 e. The van der Waals surface area contributed by atoms with Crippen LogP contribution in [0.5, 0.6) is 0 Å². The normalized spacial score (nSPS) is 10.4. The summed E-state index contributed by atoms with van der Waals surface area (Å²) in [5.41, 5.74) is 1.17. The number of hydrogen-bond acceptors (Lipinski definition) is 1. The predicted molar refractivity (Wildman–Crippen MR) is 54.8 cm³/mol. The van der Waals surface area contributed by atoms with Gasteiger partial charge in [-0.25, -0.2) is 4.39 Å². The number of carbonyl (C=O) groups excluding carboxylic acids is 1. The Morgan fingerprint density at radius 3 is 2.50 bits per heavy atom. The molecule has 0 saturated heterocycles. The van der Waals surface area contributed by atoms with Crippen molar-refractivity contribution < 1.29 is 9.18 Å². The second kappa shape index (κ2) is 4.22. The fourth-order valence-electron chi connectivity index (χ4n) is 1.28. The molecule has 14 heavy (non-hydrogen) atoms. The van der Waals surface area contributed by atoms with E-state index in [4.69, 9.17) is 0 Å². The number of benzene rings is 1. The average molecular weight is 195 g/mol. The van der Waals surface area contributed by atoms with E-state index in [1.54, 1.807) is 12.1 Å². The van der Waals surface area contributed by atoms with Crippen molar-refractivity contribution in [2.24, 2.45) is 0 Å². The van der Waals surface area contributed by atoms with Gasteiger partial charge in [-0.15, -0.1) is 0 Å². The minimum absolute atomic E-state index is 0.154. The Morgan fingerprint density at radius 2 is 2.07 bits per heavy atom. The van der Waals surface area contributed by atoms with E-state index in [0.29, 0.717) is 11.3 Å². The summed E-state index contributed by atoms with van der Waals surface area (Å²) >= 11 is 0. The van der Waals surface area contributed by atoms with Gasteiger partial charge in [0.15, 0.2) is 0 Å². The summed E-state index contributed by atoms with van der Waals surface area (Å²) in [5.74, 6) is -0.311. The zero-order valence-electron chi connectivity index (χ0n) is 8.60. The van der Waals surface area contributed by atoms with Crippen LogP contribution < -0.4 is 5.32 Å². The van der Waals surface area contributed by atoms with Gasteiger partial charge in [0.05, 0.1) is 0 Å². The Labute approximate surface area is 83.1 Å². The predicted octanol–water partition coefficient (Wildman–Crippen LogP) is 2.91. The van der Waals surface area contributed by atoms with Gasteiger partial charge in [0.25, 0.3) is 0 Å². The highest BCUT2D eigenvalue weighted by atomic mass is 19.1. The lowest BCUT2D eigenvalue weighted by Crippen LogP contribution is -2.06. The molecule has 1 N–H and O–H groups in total. The first kappa shape index (κ1) is 10.7. The molecule has 0 aliphatic rings. The Balaban J connectivity index is 2.94. The summed E-state index contributed by atoms with van der Waals surface area (Å²) in [6.45, 7) is 5.25. The molecule has 1 amide bonds. The van der Waals surface area contributed by atoms with E-state index in [-0.39, 0.29) is 17.6 Å². The Hall–Kier alpha value is -1.38. The second-order valence-corrected chi connectivity index (χ2v) is 3.57. The van der Waals surface area contributed by atoms with Crippen LogP contribution in [-0.4, -0.2) is 5.91 Å². The third-order valence-electron chi connectivity index (χ3n) is 1.94. The van der Waals surface area contributed by atoms with E-state index in [9.17, 15) is 9.18 Å². The van der Waals surface area contributed by atoms with Gasteiger partial charge in [0.1, 0.15) is 5.82 Å². The standard InChI is InChI=1S/C11H14FNO/c1-7(2)10-5-4-9(6-11(10)12)13-8(3)14/h4-7H,1-3H3,(H,13,14). The zero-order chi connectivity index (χ0) is 10.7. The molecule has 0 bridgehead atoms. The van der Waals surface area contributed by atoms with Gasteiger partial charge >= 0.3 is 0 Å². The third-order valence-corrected chi connectivity index (χ3v) is 1.94. The molecule has 0 saturated carbocycles. The second-order valence-electron chi connectivity index (χ2n) is 3.57. The van der Waals surface area contributed by atoms with Crippen LogP contribution >= 0.6 is 0 Å². The van der Waals surface area contributed by atoms with Crippen molar-refractivity contribution in [3.63, 3.8) is 0 Å². The van der Waals surface area contributed by atoms with Crippen molar-refractivity contribution in [3.05, 3.63) is 29.6 Å². The first-order valence-corrected chi connectivity index (χ1v) is 4.57. The highest BCUT2D eigenvalue weighted by Gasteiger charge is 2.07. The summed E-state index contributed by atoms with van der Waals surface area (Å²) in [5, 5.41) is 2.53. The van der Waals surface area contributed by atoms with Crippen LogP contribution in [0.3, 0.4) is 0 Å². The lowest BCUT2D eigenvalue weighted by Gasteiger charge is -2.08. The molecule has 2 nitrogen and oxygen atoms in total. The number of carbonyl (C=O) groups is 1. The molecule has 0 fully saturated rings. The van der Waals surface area contributed by atoms with Crippen molar-refractivity contribution in [3.8, 4) is 0 Å². The molecule has 1 aromatic carbocycles. The Kier molecular flexibility index (Phi) is 3.23. The molecule has 0 spiro atoms. The molecule has 0 aliphatic carbocycles. The van der Waals surface area contributed by atoms with Gasteiger partial charge in [0, 0.05) is 12.6 Å². The highest BCUT2D eigenvalue weighted by Crippen LogP contribution is 2.21. The summed E-state index contributed by atoms with van der Waals surface area (Å²) in [6, 6.07) is 4.75. The monoisotopic (exact) mass is 195 g/mol. The quantitative estimate of drug-likeness (QED) is 0.772. The number of nitrogens with one attached hydrogen (secondary N) is 1. The molecule has 0 aliphatic heterocycles. The maximum atomic E-state index is 13.4. The van der Waals surface area contributed by atoms with E-state index >= 15 is 0 Å². The van der Waals surface area contributed by atoms with Crippen molar-refractivity contribution in [1.82, 2.24) is 0 Å². The van der Waals surface area contributed by atoms with E-state index in [0.717, 1.165) is 0 Å². The van der Waals surface area contributed by atoms with Crippen molar-refractivity contribution in [1.29, 1.82) is 0 Å². The maximum Gasteiger partial charge on any atom is 0.221 e. The van der Waals surface area contributed by atoms with Gasteiger partial charge < -0.3 is 5.32 Å². The van der Waals surface area contributed by atoms with Crippen molar-refractivity contribution in [2.75, 3.05) is 5.32 Å². The van der Waals surface area contributed by atoms with Crippen LogP contribution in [0, 0.1) is 5.82 Å². The molecule has 0 radical (unpaired) electrons. The van der Waals surface area contributed by atoms with E-state index < -0.39 is 0 Å². The lowest BCUT2D eigenvalue weighted by molar-refractivity contribution is -0.114. The zero-order valence-corrected chi connectivity index (χ0v) is 8.60. The van der Waals surface area contributed by atoms with Crippen LogP contribution in [0.1, 0.15) is 32.3 Å². The summed E-state index contributed by atoms with van der Waals surface area (Å²) in [7, 11) is 0. The van der Waals surface area contributed by atoms with E-state index in [1.807, 2.05) is 13.8 Å². The number of rotatable bonds is 2. The maximum absolute atomic E-state index is 13.4. The molecule has 0 aromatic heterocycles. The van der Waals surface area contributed by atoms with Gasteiger partial charge in [-0.3, -0.25) is 4.79 Å². The fourth-order valence-corrected chi connectivity index (χ4v) is 1.28. The molecule has 0 atom stereocenters. The molecule has 3 heteroatoms. The smallest absolute Gasteiger partial charge is 0.221 e. The topological polar surface area (TPSA) is 29.1 Å². The van der Waals surface area contributed by atoms with Gasteiger partial charge in [-0.05, 0) is 23.6 Å². The van der Waals surface area contributed by atoms with Gasteiger partial charge in [-0.2, -0.15) is 0 Å². The van der Waals surface area contributed by atoms with Crippen molar-refractivity contribution >= 4 is 11.6 Å². The molecule has 0 heterocycles. The molecule has 76 valence electrons. The van der Waals surface area contributed by atoms with Crippen LogP contribution in [0.15, 0.2) is 18.2 Å². The number of amides is 1. The van der Waals surface area contributed by atoms with Crippen LogP contribution in [0.2, 0.25) is 0 Å². The first-order chi connectivity index (χ1) is 6.50. The lowest BCUT2D eigenvalue weighted by atomic mass is 10.0. The van der Waals surface area contributed by atoms with Gasteiger partial charge in [0.2, 0.25) is 5.91 Å². The summed E-state index contributed by atoms with van der Waals surface area (Å²) < 4.78 is 13.4. The first-order valence-electron chi connectivity index (χ1n) is 4.57. The number of halogens is 1. The number of anilines is 1. The van der Waals surface area contributed by atoms with E-state index in [2.05, 4.69) is 5.32 Å². The average Bonchev–Trinajstić information content (AvgIpc) is 2.01. The SMILES string of the molecule is CC(=O)Nc1ccc(C(C)C)c(F)c1. The van der Waals surface area contributed by atoms with Crippen LogP contribution in [0.25, 0.3) is 0 Å². The van der Waals surface area contributed by atoms with Crippen LogP contribution in [-0.2, 0) is 4.79 Å². The highest BCUT2D eigenvalue weighted by molar-refractivity contribution is 5.88.